The zero-order valence-electron chi connectivity index (χ0n) is 10.0. The Bertz CT molecular complexity index is 379. The average molecular weight is 237 g/mol. The molecule has 2 unspecified atom stereocenters. The third-order valence-electron chi connectivity index (χ3n) is 3.42. The molecule has 0 aliphatic heterocycles. The summed E-state index contributed by atoms with van der Waals surface area (Å²) in [5.41, 5.74) is -0.104. The van der Waals surface area contributed by atoms with E-state index < -0.39 is 11.8 Å². The molecular weight excluding hydrogens is 218 g/mol. The van der Waals surface area contributed by atoms with E-state index in [-0.39, 0.29) is 5.75 Å². The van der Waals surface area contributed by atoms with Crippen LogP contribution in [-0.2, 0) is 0 Å². The molecule has 0 amide bonds. The van der Waals surface area contributed by atoms with E-state index in [0.717, 1.165) is 5.69 Å². The van der Waals surface area contributed by atoms with Crippen LogP contribution >= 0.6 is 0 Å². The fourth-order valence-electron chi connectivity index (χ4n) is 2.57. The van der Waals surface area contributed by atoms with E-state index in [2.05, 4.69) is 0 Å². The van der Waals surface area contributed by atoms with Crippen LogP contribution in [0.4, 0.5) is 5.69 Å². The second-order valence-corrected chi connectivity index (χ2v) is 4.64. The van der Waals surface area contributed by atoms with Crippen LogP contribution in [0.25, 0.3) is 0 Å². The zero-order valence-corrected chi connectivity index (χ0v) is 10.0. The Labute approximate surface area is 101 Å². The number of aliphatic hydroxyl groups excluding tert-OH is 1. The van der Waals surface area contributed by atoms with Gasteiger partial charge in [0.2, 0.25) is 0 Å². The number of rotatable bonds is 3. The van der Waals surface area contributed by atoms with E-state index in [0.29, 0.717) is 25.8 Å². The lowest BCUT2D eigenvalue weighted by Crippen LogP contribution is -2.47. The lowest BCUT2D eigenvalue weighted by atomic mass is 10.1. The monoisotopic (exact) mass is 237 g/mol. The van der Waals surface area contributed by atoms with Gasteiger partial charge in [0.25, 0.3) is 0 Å². The largest absolute Gasteiger partial charge is 0.508 e. The van der Waals surface area contributed by atoms with Crippen molar-refractivity contribution in [1.29, 1.82) is 0 Å². The van der Waals surface area contributed by atoms with Gasteiger partial charge in [-0.25, -0.2) is 0 Å². The molecule has 17 heavy (non-hydrogen) atoms. The summed E-state index contributed by atoms with van der Waals surface area (Å²) in [5.74, 6) is 0.211. The van der Waals surface area contributed by atoms with Crippen LogP contribution in [0, 0.1) is 0 Å². The van der Waals surface area contributed by atoms with Gasteiger partial charge in [0.15, 0.2) is 0 Å². The summed E-state index contributed by atoms with van der Waals surface area (Å²) >= 11 is 0. The van der Waals surface area contributed by atoms with Gasteiger partial charge in [-0.2, -0.15) is 0 Å². The van der Waals surface area contributed by atoms with E-state index in [9.17, 15) is 15.3 Å². The van der Waals surface area contributed by atoms with Crippen molar-refractivity contribution in [2.75, 3.05) is 11.4 Å². The molecule has 1 aromatic rings. The molecule has 0 bridgehead atoms. The second-order valence-electron chi connectivity index (χ2n) is 4.64. The van der Waals surface area contributed by atoms with Crippen molar-refractivity contribution in [1.82, 2.24) is 0 Å². The standard InChI is InChI=1S/C13H19NO3/c1-2-14(10-3-5-11(15)6-4-10)13(17)8-7-12(16)9-13/h3-6,12,15-17H,2,7-9H2,1H3. The maximum absolute atomic E-state index is 10.5. The third kappa shape index (κ3) is 2.37. The van der Waals surface area contributed by atoms with Gasteiger partial charge in [-0.3, -0.25) is 0 Å². The van der Waals surface area contributed by atoms with Gasteiger partial charge < -0.3 is 20.2 Å². The molecular formula is C13H19NO3. The fraction of sp³-hybridized carbons (Fsp3) is 0.538. The average Bonchev–Trinajstić information content (AvgIpc) is 2.63. The van der Waals surface area contributed by atoms with Crippen LogP contribution in [0.2, 0.25) is 0 Å². The van der Waals surface area contributed by atoms with Crippen molar-refractivity contribution < 1.29 is 15.3 Å². The molecule has 0 saturated heterocycles. The number of nitrogens with zero attached hydrogens (tertiary/aromatic N) is 1. The highest BCUT2D eigenvalue weighted by Gasteiger charge is 2.41. The molecule has 3 N–H and O–H groups in total. The smallest absolute Gasteiger partial charge is 0.140 e. The number of benzene rings is 1. The van der Waals surface area contributed by atoms with E-state index in [1.165, 1.54) is 0 Å². The Hall–Kier alpha value is -1.26. The van der Waals surface area contributed by atoms with E-state index in [1.807, 2.05) is 11.8 Å². The minimum Gasteiger partial charge on any atom is -0.508 e. The molecule has 2 atom stereocenters. The van der Waals surface area contributed by atoms with E-state index in [1.54, 1.807) is 24.3 Å². The highest BCUT2D eigenvalue weighted by Crippen LogP contribution is 2.36. The number of aliphatic hydroxyl groups is 2. The highest BCUT2D eigenvalue weighted by atomic mass is 16.3. The minimum atomic E-state index is -0.967. The van der Waals surface area contributed by atoms with Gasteiger partial charge in [0.05, 0.1) is 6.10 Å². The number of hydrogen-bond donors (Lipinski definition) is 3. The SMILES string of the molecule is CCN(c1ccc(O)cc1)C1(O)CCC(O)C1. The molecule has 0 heterocycles. The molecule has 1 aliphatic rings. The van der Waals surface area contributed by atoms with Gasteiger partial charge >= 0.3 is 0 Å². The molecule has 4 heteroatoms. The predicted octanol–water partition coefficient (Wildman–Crippen LogP) is 1.45. The summed E-state index contributed by atoms with van der Waals surface area (Å²) in [4.78, 5) is 1.88. The van der Waals surface area contributed by atoms with Gasteiger partial charge in [0.1, 0.15) is 11.5 Å². The van der Waals surface area contributed by atoms with Crippen molar-refractivity contribution in [3.63, 3.8) is 0 Å². The summed E-state index contributed by atoms with van der Waals surface area (Å²) in [6, 6.07) is 6.77. The Morgan fingerprint density at radius 2 is 2.00 bits per heavy atom. The Kier molecular flexibility index (Phi) is 3.26. The molecule has 1 aliphatic carbocycles. The molecule has 1 saturated carbocycles. The first kappa shape index (κ1) is 12.2. The summed E-state index contributed by atoms with van der Waals surface area (Å²) < 4.78 is 0. The first-order chi connectivity index (χ1) is 8.05. The lowest BCUT2D eigenvalue weighted by molar-refractivity contribution is 0.0298. The van der Waals surface area contributed by atoms with Crippen LogP contribution in [0.1, 0.15) is 26.2 Å². The van der Waals surface area contributed by atoms with E-state index >= 15 is 0 Å². The summed E-state index contributed by atoms with van der Waals surface area (Å²) in [6.45, 7) is 2.63. The van der Waals surface area contributed by atoms with Crippen LogP contribution in [0.15, 0.2) is 24.3 Å². The zero-order chi connectivity index (χ0) is 12.5. The van der Waals surface area contributed by atoms with Crippen molar-refractivity contribution in [2.24, 2.45) is 0 Å². The van der Waals surface area contributed by atoms with Crippen molar-refractivity contribution in [2.45, 2.75) is 38.0 Å². The molecule has 94 valence electrons. The van der Waals surface area contributed by atoms with Gasteiger partial charge in [-0.15, -0.1) is 0 Å². The molecule has 2 rings (SSSR count). The number of aromatic hydroxyl groups is 1. The lowest BCUT2D eigenvalue weighted by Gasteiger charge is -2.38. The summed E-state index contributed by atoms with van der Waals surface area (Å²) in [7, 11) is 0. The van der Waals surface area contributed by atoms with Crippen molar-refractivity contribution >= 4 is 5.69 Å². The highest BCUT2D eigenvalue weighted by molar-refractivity contribution is 5.50. The maximum Gasteiger partial charge on any atom is 0.140 e. The van der Waals surface area contributed by atoms with Gasteiger partial charge in [-0.1, -0.05) is 0 Å². The predicted molar refractivity (Wildman–Crippen MR) is 65.9 cm³/mol. The quantitative estimate of drug-likeness (QED) is 0.696. The minimum absolute atomic E-state index is 0.211. The van der Waals surface area contributed by atoms with Crippen LogP contribution in [-0.4, -0.2) is 33.7 Å². The van der Waals surface area contributed by atoms with E-state index in [4.69, 9.17) is 0 Å². The Morgan fingerprint density at radius 1 is 1.35 bits per heavy atom. The second kappa shape index (κ2) is 4.55. The van der Waals surface area contributed by atoms with Crippen LogP contribution < -0.4 is 4.90 Å². The summed E-state index contributed by atoms with van der Waals surface area (Å²) in [6.07, 6.45) is 1.15. The topological polar surface area (TPSA) is 63.9 Å². The first-order valence-electron chi connectivity index (χ1n) is 6.02. The molecule has 0 radical (unpaired) electrons. The van der Waals surface area contributed by atoms with Gasteiger partial charge in [0, 0.05) is 18.7 Å². The Morgan fingerprint density at radius 3 is 2.47 bits per heavy atom. The fourth-order valence-corrected chi connectivity index (χ4v) is 2.57. The number of hydrogen-bond acceptors (Lipinski definition) is 4. The molecule has 0 aromatic heterocycles. The maximum atomic E-state index is 10.5. The van der Waals surface area contributed by atoms with Gasteiger partial charge in [-0.05, 0) is 44.0 Å². The first-order valence-corrected chi connectivity index (χ1v) is 6.02. The molecule has 1 fully saturated rings. The Balaban J connectivity index is 2.24. The normalized spacial score (nSPS) is 28.3. The molecule has 0 spiro atoms. The molecule has 4 nitrogen and oxygen atoms in total. The molecule has 1 aromatic carbocycles. The van der Waals surface area contributed by atoms with Crippen LogP contribution in [0.3, 0.4) is 0 Å². The number of anilines is 1. The summed E-state index contributed by atoms with van der Waals surface area (Å²) in [5, 5.41) is 29.4. The van der Waals surface area contributed by atoms with Crippen LogP contribution in [0.5, 0.6) is 5.75 Å². The number of phenols is 1. The van der Waals surface area contributed by atoms with Crippen molar-refractivity contribution in [3.8, 4) is 5.75 Å². The third-order valence-corrected chi connectivity index (χ3v) is 3.42. The number of phenolic OH excluding ortho intramolecular Hbond substituents is 1. The van der Waals surface area contributed by atoms with Crippen molar-refractivity contribution in [3.05, 3.63) is 24.3 Å².